The van der Waals surface area contributed by atoms with Crippen molar-refractivity contribution in [1.82, 2.24) is 15.1 Å². The Hall–Kier alpha value is -2.37. The fourth-order valence-electron chi connectivity index (χ4n) is 2.52. The molecule has 0 saturated carbocycles. The molecule has 1 amide bonds. The standard InChI is InChI=1S/C20H18Cl2FN3O/c1-3-12(2)24-20(27)19-11-18(13-4-6-14(23)7-5-13)25-26(19)15-8-9-16(21)17(22)10-15/h4-12H,3H2,1-2H3,(H,24,27)/t12-/m1/s1. The number of rotatable bonds is 5. The Kier molecular flexibility index (Phi) is 5.82. The summed E-state index contributed by atoms with van der Waals surface area (Å²) in [7, 11) is 0. The summed E-state index contributed by atoms with van der Waals surface area (Å²) in [6.45, 7) is 3.92. The molecule has 1 aromatic heterocycles. The number of hydrogen-bond donors (Lipinski definition) is 1. The van der Waals surface area contributed by atoms with Crippen molar-refractivity contribution < 1.29 is 9.18 Å². The van der Waals surface area contributed by atoms with Gasteiger partial charge in [-0.05, 0) is 61.9 Å². The Morgan fingerprint density at radius 2 is 1.85 bits per heavy atom. The molecular weight excluding hydrogens is 388 g/mol. The van der Waals surface area contributed by atoms with Crippen LogP contribution < -0.4 is 5.32 Å². The predicted molar refractivity (Wildman–Crippen MR) is 106 cm³/mol. The summed E-state index contributed by atoms with van der Waals surface area (Å²) in [6, 6.07) is 12.7. The van der Waals surface area contributed by atoms with E-state index in [1.165, 1.54) is 16.8 Å². The van der Waals surface area contributed by atoms with Gasteiger partial charge in [0.1, 0.15) is 11.5 Å². The van der Waals surface area contributed by atoms with E-state index < -0.39 is 0 Å². The lowest BCUT2D eigenvalue weighted by molar-refractivity contribution is 0.0931. The molecule has 1 N–H and O–H groups in total. The van der Waals surface area contributed by atoms with Crippen molar-refractivity contribution in [3.05, 3.63) is 70.1 Å². The van der Waals surface area contributed by atoms with Gasteiger partial charge in [0.25, 0.3) is 5.91 Å². The van der Waals surface area contributed by atoms with Gasteiger partial charge in [-0.25, -0.2) is 9.07 Å². The lowest BCUT2D eigenvalue weighted by Gasteiger charge is -2.12. The van der Waals surface area contributed by atoms with E-state index in [0.717, 1.165) is 6.42 Å². The summed E-state index contributed by atoms with van der Waals surface area (Å²) in [4.78, 5) is 12.8. The number of carbonyl (C=O) groups excluding carboxylic acids is 1. The lowest BCUT2D eigenvalue weighted by atomic mass is 10.1. The van der Waals surface area contributed by atoms with Gasteiger partial charge < -0.3 is 5.32 Å². The van der Waals surface area contributed by atoms with Gasteiger partial charge in [-0.2, -0.15) is 5.10 Å². The van der Waals surface area contributed by atoms with Crippen LogP contribution in [0.2, 0.25) is 10.0 Å². The molecule has 1 heterocycles. The molecule has 0 unspecified atom stereocenters. The van der Waals surface area contributed by atoms with Gasteiger partial charge in [-0.1, -0.05) is 30.1 Å². The minimum atomic E-state index is -0.336. The van der Waals surface area contributed by atoms with E-state index in [9.17, 15) is 9.18 Å². The summed E-state index contributed by atoms with van der Waals surface area (Å²) in [5, 5.41) is 8.25. The molecule has 1 atom stereocenters. The van der Waals surface area contributed by atoms with Gasteiger partial charge in [-0.3, -0.25) is 4.79 Å². The van der Waals surface area contributed by atoms with Crippen LogP contribution >= 0.6 is 23.2 Å². The molecule has 2 aromatic carbocycles. The van der Waals surface area contributed by atoms with E-state index in [4.69, 9.17) is 23.2 Å². The van der Waals surface area contributed by atoms with E-state index in [1.54, 1.807) is 36.4 Å². The number of carbonyl (C=O) groups is 1. The Morgan fingerprint density at radius 3 is 2.48 bits per heavy atom. The van der Waals surface area contributed by atoms with Gasteiger partial charge in [0.2, 0.25) is 0 Å². The van der Waals surface area contributed by atoms with Crippen molar-refractivity contribution in [1.29, 1.82) is 0 Å². The second-order valence-electron chi connectivity index (χ2n) is 6.21. The zero-order chi connectivity index (χ0) is 19.6. The van der Waals surface area contributed by atoms with Gasteiger partial charge >= 0.3 is 0 Å². The topological polar surface area (TPSA) is 46.9 Å². The Morgan fingerprint density at radius 1 is 1.15 bits per heavy atom. The number of aromatic nitrogens is 2. The van der Waals surface area contributed by atoms with Crippen LogP contribution in [0.25, 0.3) is 16.9 Å². The normalized spacial score (nSPS) is 12.0. The average Bonchev–Trinajstić information content (AvgIpc) is 3.10. The zero-order valence-corrected chi connectivity index (χ0v) is 16.4. The summed E-state index contributed by atoms with van der Waals surface area (Å²) in [5.74, 6) is -0.589. The first-order chi connectivity index (χ1) is 12.9. The third-order valence-electron chi connectivity index (χ3n) is 4.22. The fraction of sp³-hybridized carbons (Fsp3) is 0.200. The number of hydrogen-bond acceptors (Lipinski definition) is 2. The number of amides is 1. The minimum Gasteiger partial charge on any atom is -0.348 e. The molecule has 0 radical (unpaired) electrons. The second-order valence-corrected chi connectivity index (χ2v) is 7.03. The summed E-state index contributed by atoms with van der Waals surface area (Å²) in [5.41, 5.74) is 2.21. The monoisotopic (exact) mass is 405 g/mol. The molecule has 140 valence electrons. The van der Waals surface area contributed by atoms with Crippen LogP contribution in [-0.2, 0) is 0 Å². The molecule has 0 saturated heterocycles. The highest BCUT2D eigenvalue weighted by molar-refractivity contribution is 6.42. The molecule has 3 aromatic rings. The van der Waals surface area contributed by atoms with Gasteiger partial charge in [0, 0.05) is 11.6 Å². The van der Waals surface area contributed by atoms with Crippen molar-refractivity contribution in [2.75, 3.05) is 0 Å². The summed E-state index contributed by atoms with van der Waals surface area (Å²) >= 11 is 12.1. The lowest BCUT2D eigenvalue weighted by Crippen LogP contribution is -2.33. The van der Waals surface area contributed by atoms with Crippen LogP contribution in [0.3, 0.4) is 0 Å². The summed E-state index contributed by atoms with van der Waals surface area (Å²) in [6.07, 6.45) is 0.803. The average molecular weight is 406 g/mol. The second kappa shape index (κ2) is 8.11. The first-order valence-electron chi connectivity index (χ1n) is 8.51. The van der Waals surface area contributed by atoms with Crippen LogP contribution in [0.4, 0.5) is 4.39 Å². The number of nitrogens with zero attached hydrogens (tertiary/aromatic N) is 2. The highest BCUT2D eigenvalue weighted by Crippen LogP contribution is 2.27. The van der Waals surface area contributed by atoms with Gasteiger partial charge in [-0.15, -0.1) is 0 Å². The maximum Gasteiger partial charge on any atom is 0.270 e. The van der Waals surface area contributed by atoms with Crippen LogP contribution in [0.15, 0.2) is 48.5 Å². The first kappa shape index (κ1) is 19.4. The van der Waals surface area contributed by atoms with E-state index >= 15 is 0 Å². The molecule has 0 fully saturated rings. The maximum atomic E-state index is 13.2. The first-order valence-corrected chi connectivity index (χ1v) is 9.27. The molecule has 0 aliphatic carbocycles. The Balaban J connectivity index is 2.09. The molecule has 0 aliphatic rings. The van der Waals surface area contributed by atoms with Crippen LogP contribution in [0.1, 0.15) is 30.8 Å². The molecular formula is C20H18Cl2FN3O. The van der Waals surface area contributed by atoms with Crippen molar-refractivity contribution in [3.8, 4) is 16.9 Å². The molecule has 7 heteroatoms. The number of halogens is 3. The third-order valence-corrected chi connectivity index (χ3v) is 4.96. The molecule has 27 heavy (non-hydrogen) atoms. The smallest absolute Gasteiger partial charge is 0.270 e. The van der Waals surface area contributed by atoms with Crippen molar-refractivity contribution in [2.24, 2.45) is 0 Å². The Bertz CT molecular complexity index is 970. The number of nitrogens with one attached hydrogen (secondary N) is 1. The highest BCUT2D eigenvalue weighted by Gasteiger charge is 2.19. The molecule has 0 aliphatic heterocycles. The van der Waals surface area contributed by atoms with E-state index in [-0.39, 0.29) is 17.8 Å². The molecule has 3 rings (SSSR count). The van der Waals surface area contributed by atoms with Crippen molar-refractivity contribution in [2.45, 2.75) is 26.3 Å². The number of benzene rings is 2. The third kappa shape index (κ3) is 4.31. The highest BCUT2D eigenvalue weighted by atomic mass is 35.5. The van der Waals surface area contributed by atoms with Crippen molar-refractivity contribution >= 4 is 29.1 Å². The quantitative estimate of drug-likeness (QED) is 0.607. The van der Waals surface area contributed by atoms with E-state index in [2.05, 4.69) is 10.4 Å². The van der Waals surface area contributed by atoms with Crippen LogP contribution in [0.5, 0.6) is 0 Å². The van der Waals surface area contributed by atoms with E-state index in [1.807, 2.05) is 13.8 Å². The summed E-state index contributed by atoms with van der Waals surface area (Å²) < 4.78 is 14.7. The fourth-order valence-corrected chi connectivity index (χ4v) is 2.81. The van der Waals surface area contributed by atoms with Crippen molar-refractivity contribution in [3.63, 3.8) is 0 Å². The minimum absolute atomic E-state index is 0.0175. The van der Waals surface area contributed by atoms with Crippen LogP contribution in [0, 0.1) is 5.82 Å². The predicted octanol–water partition coefficient (Wildman–Crippen LogP) is 5.51. The molecule has 0 bridgehead atoms. The Labute approximate surface area is 166 Å². The molecule has 0 spiro atoms. The molecule has 4 nitrogen and oxygen atoms in total. The van der Waals surface area contributed by atoms with Gasteiger partial charge in [0.05, 0.1) is 21.4 Å². The van der Waals surface area contributed by atoms with Crippen LogP contribution in [-0.4, -0.2) is 21.7 Å². The maximum absolute atomic E-state index is 13.2. The van der Waals surface area contributed by atoms with E-state index in [0.29, 0.717) is 32.7 Å². The SMILES string of the molecule is CC[C@@H](C)NC(=O)c1cc(-c2ccc(F)cc2)nn1-c1ccc(Cl)c(Cl)c1. The zero-order valence-electron chi connectivity index (χ0n) is 14.8. The largest absolute Gasteiger partial charge is 0.348 e. The van der Waals surface area contributed by atoms with Gasteiger partial charge in [0.15, 0.2) is 0 Å².